The molecule has 1 aromatic heterocycles. The summed E-state index contributed by atoms with van der Waals surface area (Å²) >= 11 is 0. The van der Waals surface area contributed by atoms with Gasteiger partial charge < -0.3 is 14.4 Å². The van der Waals surface area contributed by atoms with E-state index in [1.807, 2.05) is 0 Å². The Kier molecular flexibility index (Phi) is 5.10. The number of benzene rings is 2. The molecule has 3 rings (SSSR count). The van der Waals surface area contributed by atoms with Crippen LogP contribution >= 0.6 is 0 Å². The van der Waals surface area contributed by atoms with Gasteiger partial charge in [-0.05, 0) is 50.2 Å². The molecule has 0 fully saturated rings. The lowest BCUT2D eigenvalue weighted by Gasteiger charge is -2.21. The minimum absolute atomic E-state index is 0.615. The Balaban J connectivity index is 2.20. The molecular formula is C23H25N3. The molecule has 0 radical (unpaired) electrons. The van der Waals surface area contributed by atoms with Gasteiger partial charge in [-0.3, -0.25) is 0 Å². The molecule has 1 heterocycles. The van der Waals surface area contributed by atoms with Crippen LogP contribution in [0.5, 0.6) is 0 Å². The van der Waals surface area contributed by atoms with Crippen molar-refractivity contribution >= 4 is 33.2 Å². The van der Waals surface area contributed by atoms with Crippen molar-refractivity contribution in [2.24, 2.45) is 7.05 Å². The Morgan fingerprint density at radius 3 is 1.58 bits per heavy atom. The van der Waals surface area contributed by atoms with Crippen molar-refractivity contribution in [1.82, 2.24) is 4.57 Å². The Morgan fingerprint density at radius 1 is 0.808 bits per heavy atom. The molecule has 3 nitrogen and oxygen atoms in total. The SMILES string of the molecule is C#CCN(CC)c1ccc2c(c1)c1cc(N(CC)CC#C)ccc1n2C. The molecule has 0 aliphatic rings. The van der Waals surface area contributed by atoms with Gasteiger partial charge in [0.15, 0.2) is 0 Å². The van der Waals surface area contributed by atoms with Crippen LogP contribution in [0.15, 0.2) is 36.4 Å². The average Bonchev–Trinajstić information content (AvgIpc) is 2.95. The predicted molar refractivity (Wildman–Crippen MR) is 114 cm³/mol. The van der Waals surface area contributed by atoms with E-state index < -0.39 is 0 Å². The standard InChI is InChI=1S/C23H25N3/c1-6-14-25(8-3)18-10-12-22-20(16-18)21-17-19(26(9-4)15-7-2)11-13-23(21)24(22)5/h1-2,10-13,16-17H,8-9,14-15H2,3-5H3. The van der Waals surface area contributed by atoms with Gasteiger partial charge in [-0.15, -0.1) is 12.8 Å². The lowest BCUT2D eigenvalue weighted by atomic mass is 10.1. The summed E-state index contributed by atoms with van der Waals surface area (Å²) in [4.78, 5) is 4.41. The smallest absolute Gasteiger partial charge is 0.0791 e. The van der Waals surface area contributed by atoms with Gasteiger partial charge in [-0.25, -0.2) is 0 Å². The van der Waals surface area contributed by atoms with Crippen molar-refractivity contribution in [3.05, 3.63) is 36.4 Å². The van der Waals surface area contributed by atoms with Crippen LogP contribution in [-0.4, -0.2) is 30.7 Å². The van der Waals surface area contributed by atoms with Gasteiger partial charge in [-0.2, -0.15) is 0 Å². The second-order valence-corrected chi connectivity index (χ2v) is 6.40. The number of anilines is 2. The van der Waals surface area contributed by atoms with E-state index in [4.69, 9.17) is 12.8 Å². The third-order valence-electron chi connectivity index (χ3n) is 5.03. The maximum absolute atomic E-state index is 5.53. The third kappa shape index (κ3) is 2.98. The van der Waals surface area contributed by atoms with E-state index in [2.05, 4.69) is 83.5 Å². The first-order chi connectivity index (χ1) is 12.6. The largest absolute Gasteiger partial charge is 0.361 e. The first kappa shape index (κ1) is 17.8. The molecule has 0 aliphatic carbocycles. The van der Waals surface area contributed by atoms with E-state index >= 15 is 0 Å². The summed E-state index contributed by atoms with van der Waals surface area (Å²) < 4.78 is 2.24. The average molecular weight is 343 g/mol. The summed E-state index contributed by atoms with van der Waals surface area (Å²) in [5.41, 5.74) is 4.76. The summed E-state index contributed by atoms with van der Waals surface area (Å²) in [6.45, 7) is 7.26. The normalized spacial score (nSPS) is 10.7. The maximum Gasteiger partial charge on any atom is 0.0791 e. The summed E-state index contributed by atoms with van der Waals surface area (Å²) in [6, 6.07) is 13.2. The van der Waals surface area contributed by atoms with Gasteiger partial charge >= 0.3 is 0 Å². The summed E-state index contributed by atoms with van der Waals surface area (Å²) in [5, 5.41) is 2.49. The molecule has 0 unspecified atom stereocenters. The minimum Gasteiger partial charge on any atom is -0.361 e. The number of hydrogen-bond donors (Lipinski definition) is 0. The van der Waals surface area contributed by atoms with Crippen LogP contribution < -0.4 is 9.80 Å². The first-order valence-corrected chi connectivity index (χ1v) is 9.03. The van der Waals surface area contributed by atoms with Crippen LogP contribution in [0.1, 0.15) is 13.8 Å². The lowest BCUT2D eigenvalue weighted by Crippen LogP contribution is -2.22. The Morgan fingerprint density at radius 2 is 1.23 bits per heavy atom. The van der Waals surface area contributed by atoms with E-state index in [1.165, 1.54) is 21.8 Å². The van der Waals surface area contributed by atoms with Gasteiger partial charge in [-0.1, -0.05) is 11.8 Å². The quantitative estimate of drug-likeness (QED) is 0.620. The number of fused-ring (bicyclic) bond motifs is 3. The zero-order valence-corrected chi connectivity index (χ0v) is 15.8. The molecule has 26 heavy (non-hydrogen) atoms. The molecule has 3 heteroatoms. The fourth-order valence-corrected chi connectivity index (χ4v) is 3.58. The number of aryl methyl sites for hydroxylation is 1. The van der Waals surface area contributed by atoms with E-state index in [0.29, 0.717) is 13.1 Å². The highest BCUT2D eigenvalue weighted by Gasteiger charge is 2.13. The first-order valence-electron chi connectivity index (χ1n) is 9.03. The highest BCUT2D eigenvalue weighted by atomic mass is 15.1. The van der Waals surface area contributed by atoms with E-state index in [1.54, 1.807) is 0 Å². The number of aromatic nitrogens is 1. The lowest BCUT2D eigenvalue weighted by molar-refractivity contribution is 0.919. The number of rotatable bonds is 6. The summed E-state index contributed by atoms with van der Waals surface area (Å²) in [7, 11) is 2.11. The third-order valence-corrected chi connectivity index (χ3v) is 5.03. The molecule has 2 aromatic carbocycles. The number of hydrogen-bond acceptors (Lipinski definition) is 2. The van der Waals surface area contributed by atoms with Crippen molar-refractivity contribution in [3.63, 3.8) is 0 Å². The highest BCUT2D eigenvalue weighted by Crippen LogP contribution is 2.33. The Labute approximate surface area is 156 Å². The van der Waals surface area contributed by atoms with Crippen molar-refractivity contribution in [2.45, 2.75) is 13.8 Å². The van der Waals surface area contributed by atoms with Crippen molar-refractivity contribution in [3.8, 4) is 24.7 Å². The fraction of sp³-hybridized carbons (Fsp3) is 0.304. The Bertz CT molecular complexity index is 933. The monoisotopic (exact) mass is 343 g/mol. The molecule has 132 valence electrons. The van der Waals surface area contributed by atoms with Gasteiger partial charge in [0.25, 0.3) is 0 Å². The minimum atomic E-state index is 0.615. The van der Waals surface area contributed by atoms with Gasteiger partial charge in [0.2, 0.25) is 0 Å². The summed E-state index contributed by atoms with van der Waals surface area (Å²) in [5.74, 6) is 5.50. The molecule has 0 saturated carbocycles. The van der Waals surface area contributed by atoms with Crippen LogP contribution in [0, 0.1) is 24.7 Å². The van der Waals surface area contributed by atoms with E-state index in [0.717, 1.165) is 24.5 Å². The van der Waals surface area contributed by atoms with Gasteiger partial charge in [0.1, 0.15) is 0 Å². The van der Waals surface area contributed by atoms with Crippen LogP contribution in [0.2, 0.25) is 0 Å². The van der Waals surface area contributed by atoms with Crippen LogP contribution in [0.4, 0.5) is 11.4 Å². The zero-order valence-electron chi connectivity index (χ0n) is 15.8. The van der Waals surface area contributed by atoms with Gasteiger partial charge in [0, 0.05) is 53.3 Å². The molecule has 0 bridgehead atoms. The van der Waals surface area contributed by atoms with E-state index in [9.17, 15) is 0 Å². The summed E-state index contributed by atoms with van der Waals surface area (Å²) in [6.07, 6.45) is 11.1. The molecular weight excluding hydrogens is 318 g/mol. The zero-order chi connectivity index (χ0) is 18.7. The van der Waals surface area contributed by atoms with Crippen LogP contribution in [0.3, 0.4) is 0 Å². The topological polar surface area (TPSA) is 11.4 Å². The molecule has 0 N–H and O–H groups in total. The maximum atomic E-state index is 5.53. The van der Waals surface area contributed by atoms with Crippen molar-refractivity contribution < 1.29 is 0 Å². The van der Waals surface area contributed by atoms with Gasteiger partial charge in [0.05, 0.1) is 13.1 Å². The van der Waals surface area contributed by atoms with Crippen molar-refractivity contribution in [2.75, 3.05) is 36.0 Å². The molecule has 3 aromatic rings. The van der Waals surface area contributed by atoms with Crippen LogP contribution in [-0.2, 0) is 7.05 Å². The second-order valence-electron chi connectivity index (χ2n) is 6.40. The Hall–Kier alpha value is -3.04. The number of terminal acetylenes is 2. The van der Waals surface area contributed by atoms with Crippen molar-refractivity contribution in [1.29, 1.82) is 0 Å². The van der Waals surface area contributed by atoms with Crippen LogP contribution in [0.25, 0.3) is 21.8 Å². The second kappa shape index (κ2) is 7.46. The molecule has 0 atom stereocenters. The van der Waals surface area contributed by atoms with E-state index in [-0.39, 0.29) is 0 Å². The predicted octanol–water partition coefficient (Wildman–Crippen LogP) is 4.25. The molecule has 0 spiro atoms. The molecule has 0 amide bonds. The fourth-order valence-electron chi connectivity index (χ4n) is 3.58. The molecule has 0 saturated heterocycles. The highest BCUT2D eigenvalue weighted by molar-refractivity contribution is 6.10. The molecule has 0 aliphatic heterocycles. The number of nitrogens with zero attached hydrogens (tertiary/aromatic N) is 3.